The van der Waals surface area contributed by atoms with E-state index in [4.69, 9.17) is 9.47 Å². The van der Waals surface area contributed by atoms with Gasteiger partial charge in [0.05, 0.1) is 25.8 Å². The fourth-order valence-electron chi connectivity index (χ4n) is 4.11. The van der Waals surface area contributed by atoms with Crippen molar-refractivity contribution in [1.82, 2.24) is 9.97 Å². The van der Waals surface area contributed by atoms with Gasteiger partial charge in [0.1, 0.15) is 11.6 Å². The van der Waals surface area contributed by atoms with E-state index in [1.807, 2.05) is 30.4 Å². The van der Waals surface area contributed by atoms with Gasteiger partial charge >= 0.3 is 0 Å². The third kappa shape index (κ3) is 3.71. The molecule has 0 spiro atoms. The zero-order valence-electron chi connectivity index (χ0n) is 18.6. The Morgan fingerprint density at radius 2 is 1.81 bits per heavy atom. The monoisotopic (exact) mass is 443 g/mol. The SMILES string of the molecule is COc1cc2nc(C)nc(N[C@@H](C)c3ccc(-c4ccc5c(c4)CC=C5)s3)c2cc1OC. The average Bonchev–Trinajstić information content (AvgIpc) is 3.47. The summed E-state index contributed by atoms with van der Waals surface area (Å²) in [5.74, 6) is 2.81. The highest BCUT2D eigenvalue weighted by Gasteiger charge is 2.16. The highest BCUT2D eigenvalue weighted by molar-refractivity contribution is 7.15. The minimum absolute atomic E-state index is 0.0930. The maximum Gasteiger partial charge on any atom is 0.162 e. The van der Waals surface area contributed by atoms with Crippen LogP contribution in [0, 0.1) is 6.92 Å². The first-order chi connectivity index (χ1) is 15.6. The molecule has 1 atom stereocenters. The maximum absolute atomic E-state index is 5.49. The van der Waals surface area contributed by atoms with Crippen LogP contribution in [0.1, 0.15) is 34.8 Å². The van der Waals surface area contributed by atoms with Crippen molar-refractivity contribution < 1.29 is 9.47 Å². The fourth-order valence-corrected chi connectivity index (χ4v) is 5.12. The van der Waals surface area contributed by atoms with Crippen LogP contribution in [-0.4, -0.2) is 24.2 Å². The molecule has 0 amide bonds. The summed E-state index contributed by atoms with van der Waals surface area (Å²) in [6, 6.07) is 15.1. The number of hydrogen-bond donors (Lipinski definition) is 1. The van der Waals surface area contributed by atoms with Crippen LogP contribution in [-0.2, 0) is 6.42 Å². The van der Waals surface area contributed by atoms with Gasteiger partial charge in [-0.3, -0.25) is 0 Å². The van der Waals surface area contributed by atoms with Gasteiger partial charge in [0.25, 0.3) is 0 Å². The lowest BCUT2D eigenvalue weighted by atomic mass is 10.1. The zero-order valence-corrected chi connectivity index (χ0v) is 19.4. The number of benzene rings is 2. The molecule has 0 aliphatic heterocycles. The van der Waals surface area contributed by atoms with Gasteiger partial charge in [-0.05, 0) is 61.2 Å². The lowest BCUT2D eigenvalue weighted by molar-refractivity contribution is 0.356. The van der Waals surface area contributed by atoms with Crippen molar-refractivity contribution in [3.05, 3.63) is 70.4 Å². The highest BCUT2D eigenvalue weighted by Crippen LogP contribution is 2.37. The summed E-state index contributed by atoms with van der Waals surface area (Å²) in [6.45, 7) is 4.06. The fraction of sp³-hybridized carbons (Fsp3) is 0.231. The molecule has 0 bridgehead atoms. The second kappa shape index (κ2) is 8.28. The molecule has 2 aromatic heterocycles. The van der Waals surface area contributed by atoms with E-state index in [9.17, 15) is 0 Å². The van der Waals surface area contributed by atoms with E-state index in [0.29, 0.717) is 17.3 Å². The molecule has 5 rings (SSSR count). The predicted molar refractivity (Wildman–Crippen MR) is 132 cm³/mol. The summed E-state index contributed by atoms with van der Waals surface area (Å²) in [4.78, 5) is 11.8. The molecule has 162 valence electrons. The Morgan fingerprint density at radius 3 is 2.62 bits per heavy atom. The Balaban J connectivity index is 1.45. The molecule has 0 saturated heterocycles. The number of rotatable bonds is 6. The Kier molecular flexibility index (Phi) is 5.31. The van der Waals surface area contributed by atoms with Crippen molar-refractivity contribution in [3.63, 3.8) is 0 Å². The van der Waals surface area contributed by atoms with E-state index in [0.717, 1.165) is 23.1 Å². The van der Waals surface area contributed by atoms with Gasteiger partial charge in [-0.25, -0.2) is 9.97 Å². The summed E-state index contributed by atoms with van der Waals surface area (Å²) in [5.41, 5.74) is 4.83. The number of nitrogens with one attached hydrogen (secondary N) is 1. The van der Waals surface area contributed by atoms with Crippen molar-refractivity contribution in [1.29, 1.82) is 0 Å². The first-order valence-corrected chi connectivity index (χ1v) is 11.4. The molecule has 2 aromatic carbocycles. The standard InChI is InChI=1S/C26H25N3O2S/c1-15(24-10-11-25(32-24)19-9-8-17-6-5-7-18(17)12-19)27-26-20-13-22(30-3)23(31-4)14-21(20)28-16(2)29-26/h5-6,8-15H,7H2,1-4H3,(H,27,28,29)/t15-/m0/s1. The summed E-state index contributed by atoms with van der Waals surface area (Å²) in [6.07, 6.45) is 5.44. The number of aryl methyl sites for hydroxylation is 1. The number of fused-ring (bicyclic) bond motifs is 2. The van der Waals surface area contributed by atoms with Crippen molar-refractivity contribution in [3.8, 4) is 21.9 Å². The summed E-state index contributed by atoms with van der Waals surface area (Å²) in [7, 11) is 3.27. The van der Waals surface area contributed by atoms with Gasteiger partial charge in [0.15, 0.2) is 11.5 Å². The molecule has 6 heteroatoms. The largest absolute Gasteiger partial charge is 0.493 e. The van der Waals surface area contributed by atoms with Crippen LogP contribution in [0.5, 0.6) is 11.5 Å². The molecule has 2 heterocycles. The molecular weight excluding hydrogens is 418 g/mol. The van der Waals surface area contributed by atoms with E-state index in [-0.39, 0.29) is 6.04 Å². The Bertz CT molecular complexity index is 1340. The molecule has 0 unspecified atom stereocenters. The van der Waals surface area contributed by atoms with Gasteiger partial charge < -0.3 is 14.8 Å². The van der Waals surface area contributed by atoms with Gasteiger partial charge in [-0.1, -0.05) is 24.3 Å². The van der Waals surface area contributed by atoms with E-state index in [1.54, 1.807) is 14.2 Å². The Morgan fingerprint density at radius 1 is 1.00 bits per heavy atom. The van der Waals surface area contributed by atoms with Crippen LogP contribution in [0.25, 0.3) is 27.4 Å². The van der Waals surface area contributed by atoms with Crippen LogP contribution in [0.2, 0.25) is 0 Å². The van der Waals surface area contributed by atoms with Crippen LogP contribution in [0.3, 0.4) is 0 Å². The van der Waals surface area contributed by atoms with E-state index in [2.05, 4.69) is 64.7 Å². The zero-order chi connectivity index (χ0) is 22.2. The van der Waals surface area contributed by atoms with Crippen LogP contribution < -0.4 is 14.8 Å². The van der Waals surface area contributed by atoms with Gasteiger partial charge in [0.2, 0.25) is 0 Å². The number of aromatic nitrogens is 2. The van der Waals surface area contributed by atoms with Crippen LogP contribution in [0.15, 0.2) is 48.5 Å². The molecule has 4 aromatic rings. The number of hydrogen-bond acceptors (Lipinski definition) is 6. The smallest absolute Gasteiger partial charge is 0.162 e. The van der Waals surface area contributed by atoms with Crippen molar-refractivity contribution in [2.24, 2.45) is 0 Å². The van der Waals surface area contributed by atoms with Crippen LogP contribution in [0.4, 0.5) is 5.82 Å². The number of ether oxygens (including phenoxy) is 2. The molecule has 1 aliphatic carbocycles. The quantitative estimate of drug-likeness (QED) is 0.372. The predicted octanol–water partition coefficient (Wildman–Crippen LogP) is 6.43. The summed E-state index contributed by atoms with van der Waals surface area (Å²) in [5, 5.41) is 4.50. The topological polar surface area (TPSA) is 56.3 Å². The second-order valence-corrected chi connectivity index (χ2v) is 9.05. The number of methoxy groups -OCH3 is 2. The molecule has 0 fully saturated rings. The van der Waals surface area contributed by atoms with Gasteiger partial charge in [-0.15, -0.1) is 11.3 Å². The average molecular weight is 444 g/mol. The molecule has 0 radical (unpaired) electrons. The summed E-state index contributed by atoms with van der Waals surface area (Å²) < 4.78 is 10.9. The lowest BCUT2D eigenvalue weighted by Crippen LogP contribution is -2.08. The Labute approximate surface area is 191 Å². The number of allylic oxidation sites excluding steroid dienone is 1. The Hall–Kier alpha value is -3.38. The molecule has 0 saturated carbocycles. The van der Waals surface area contributed by atoms with E-state index >= 15 is 0 Å². The molecule has 1 N–H and O–H groups in total. The molecular formula is C26H25N3O2S. The molecule has 5 nitrogen and oxygen atoms in total. The normalized spacial score (nSPS) is 13.2. The van der Waals surface area contributed by atoms with E-state index < -0.39 is 0 Å². The first-order valence-electron chi connectivity index (χ1n) is 10.6. The van der Waals surface area contributed by atoms with E-state index in [1.165, 1.54) is 26.4 Å². The lowest BCUT2D eigenvalue weighted by Gasteiger charge is -2.16. The van der Waals surface area contributed by atoms with Gasteiger partial charge in [0, 0.05) is 21.2 Å². The number of nitrogens with zero attached hydrogens (tertiary/aromatic N) is 2. The number of anilines is 1. The highest BCUT2D eigenvalue weighted by atomic mass is 32.1. The second-order valence-electron chi connectivity index (χ2n) is 7.93. The third-order valence-electron chi connectivity index (χ3n) is 5.78. The minimum Gasteiger partial charge on any atom is -0.493 e. The third-order valence-corrected chi connectivity index (χ3v) is 7.10. The molecule has 1 aliphatic rings. The van der Waals surface area contributed by atoms with Crippen molar-refractivity contribution >= 4 is 34.1 Å². The van der Waals surface area contributed by atoms with Crippen LogP contribution >= 0.6 is 11.3 Å². The molecule has 32 heavy (non-hydrogen) atoms. The minimum atomic E-state index is 0.0930. The summed E-state index contributed by atoms with van der Waals surface area (Å²) >= 11 is 1.81. The number of thiophene rings is 1. The van der Waals surface area contributed by atoms with Gasteiger partial charge in [-0.2, -0.15) is 0 Å². The van der Waals surface area contributed by atoms with Crippen molar-refractivity contribution in [2.75, 3.05) is 19.5 Å². The maximum atomic E-state index is 5.49. The van der Waals surface area contributed by atoms with Crippen molar-refractivity contribution in [2.45, 2.75) is 26.3 Å². The first kappa shape index (κ1) is 20.5.